The third-order valence-corrected chi connectivity index (χ3v) is 7.25. The number of rotatable bonds is 4. The Labute approximate surface area is 192 Å². The minimum absolute atomic E-state index is 0.0495. The maximum atomic E-state index is 12.9. The van der Waals surface area contributed by atoms with E-state index in [0.29, 0.717) is 31.0 Å². The molecular weight excluding hydrogens is 428 g/mol. The maximum absolute atomic E-state index is 12.9. The summed E-state index contributed by atoms with van der Waals surface area (Å²) >= 11 is 1.39. The van der Waals surface area contributed by atoms with Crippen LogP contribution in [0, 0.1) is 0 Å². The summed E-state index contributed by atoms with van der Waals surface area (Å²) in [6, 6.07) is 6.88. The summed E-state index contributed by atoms with van der Waals surface area (Å²) in [5.74, 6) is -0.523. The van der Waals surface area contributed by atoms with E-state index in [4.69, 9.17) is 4.74 Å². The molecule has 3 aliphatic rings. The van der Waals surface area contributed by atoms with Crippen LogP contribution in [0.4, 0.5) is 5.69 Å². The summed E-state index contributed by atoms with van der Waals surface area (Å²) < 4.78 is 5.49. The van der Waals surface area contributed by atoms with Gasteiger partial charge in [0, 0.05) is 37.3 Å². The Hall–Kier alpha value is -2.39. The number of hydrogen-bond donors (Lipinski definition) is 1. The lowest BCUT2D eigenvalue weighted by atomic mass is 10.0. The van der Waals surface area contributed by atoms with Crippen LogP contribution < -0.4 is 5.32 Å². The molecule has 0 aliphatic carbocycles. The smallest absolute Gasteiger partial charge is 0.262 e. The van der Waals surface area contributed by atoms with Crippen LogP contribution >= 0.6 is 11.8 Å². The van der Waals surface area contributed by atoms with Crippen LogP contribution in [0.15, 0.2) is 29.3 Å². The average molecular weight is 459 g/mol. The second-order valence-electron chi connectivity index (χ2n) is 9.04. The number of morpholine rings is 1. The van der Waals surface area contributed by atoms with Crippen LogP contribution in [0.1, 0.15) is 49.9 Å². The van der Waals surface area contributed by atoms with E-state index in [1.807, 2.05) is 18.7 Å². The molecule has 9 heteroatoms. The molecule has 0 saturated carbocycles. The highest BCUT2D eigenvalue weighted by atomic mass is 32.2. The fourth-order valence-corrected chi connectivity index (χ4v) is 5.31. The van der Waals surface area contributed by atoms with E-state index in [0.717, 1.165) is 31.1 Å². The molecule has 172 valence electrons. The third kappa shape index (κ3) is 5.15. The Bertz CT molecular complexity index is 909. The predicted molar refractivity (Wildman–Crippen MR) is 125 cm³/mol. The highest BCUT2D eigenvalue weighted by Crippen LogP contribution is 2.29. The van der Waals surface area contributed by atoms with E-state index in [-0.39, 0.29) is 29.7 Å². The van der Waals surface area contributed by atoms with Gasteiger partial charge in [-0.25, -0.2) is 0 Å². The fraction of sp³-hybridized carbons (Fsp3) is 0.565. The highest BCUT2D eigenvalue weighted by molar-refractivity contribution is 8.15. The minimum atomic E-state index is -0.476. The molecule has 32 heavy (non-hydrogen) atoms. The average Bonchev–Trinajstić information content (AvgIpc) is 3.14. The van der Waals surface area contributed by atoms with Crippen molar-refractivity contribution in [1.29, 1.82) is 0 Å². The van der Waals surface area contributed by atoms with Crippen molar-refractivity contribution >= 4 is 40.3 Å². The van der Waals surface area contributed by atoms with E-state index >= 15 is 0 Å². The maximum Gasteiger partial charge on any atom is 0.262 e. The summed E-state index contributed by atoms with van der Waals surface area (Å²) in [5.41, 5.74) is 0.808. The molecule has 0 aromatic heterocycles. The third-order valence-electron chi connectivity index (χ3n) is 6.03. The number of nitrogens with one attached hydrogen (secondary N) is 1. The second kappa shape index (κ2) is 9.62. The number of nitrogens with zero attached hydrogens (tertiary/aromatic N) is 3. The van der Waals surface area contributed by atoms with Crippen molar-refractivity contribution in [1.82, 2.24) is 9.80 Å². The van der Waals surface area contributed by atoms with Gasteiger partial charge in [0.05, 0.1) is 18.8 Å². The lowest BCUT2D eigenvalue weighted by molar-refractivity contribution is -0.121. The lowest BCUT2D eigenvalue weighted by Crippen LogP contribution is -2.55. The number of amidine groups is 1. The zero-order chi connectivity index (χ0) is 22.7. The molecule has 0 radical (unpaired) electrons. The number of amides is 3. The van der Waals surface area contributed by atoms with E-state index in [1.54, 1.807) is 24.3 Å². The lowest BCUT2D eigenvalue weighted by Gasteiger charge is -2.42. The minimum Gasteiger partial charge on any atom is -0.377 e. The van der Waals surface area contributed by atoms with Crippen LogP contribution in [0.3, 0.4) is 0 Å². The summed E-state index contributed by atoms with van der Waals surface area (Å²) in [5, 5.41) is 3.11. The Kier molecular flexibility index (Phi) is 6.85. The van der Waals surface area contributed by atoms with Gasteiger partial charge in [0.15, 0.2) is 5.17 Å². The summed E-state index contributed by atoms with van der Waals surface area (Å²) in [6.07, 6.45) is 3.51. The first-order valence-corrected chi connectivity index (χ1v) is 12.1. The topological polar surface area (TPSA) is 91.3 Å². The number of carbonyl (C=O) groups excluding carboxylic acids is 3. The molecular formula is C23H30N4O4S. The monoisotopic (exact) mass is 458 g/mol. The zero-order valence-electron chi connectivity index (χ0n) is 18.6. The first kappa shape index (κ1) is 22.8. The molecule has 3 amide bonds. The number of hydrogen-bond acceptors (Lipinski definition) is 6. The molecule has 3 heterocycles. The van der Waals surface area contributed by atoms with E-state index < -0.39 is 5.25 Å². The van der Waals surface area contributed by atoms with Gasteiger partial charge < -0.3 is 19.9 Å². The standard InChI is InChI=1S/C23H30N4O4S/c1-23(2)15-31-13-12-27(23)21(30)16-6-8-17(9-7-16)24-19(28)14-18-20(29)25-22(32-18)26-10-4-3-5-11-26/h6-9,18H,3-5,10-15H2,1-2H3,(H,24,28). The molecule has 1 N–H and O–H groups in total. The molecule has 4 rings (SSSR count). The molecule has 3 aliphatic heterocycles. The van der Waals surface area contributed by atoms with Crippen molar-refractivity contribution in [3.63, 3.8) is 0 Å². The van der Waals surface area contributed by atoms with Crippen molar-refractivity contribution in [2.45, 2.75) is 50.3 Å². The van der Waals surface area contributed by atoms with Crippen molar-refractivity contribution in [2.75, 3.05) is 38.2 Å². The van der Waals surface area contributed by atoms with Crippen LogP contribution in [0.5, 0.6) is 0 Å². The Balaban J connectivity index is 1.30. The van der Waals surface area contributed by atoms with Crippen LogP contribution in [0.2, 0.25) is 0 Å². The van der Waals surface area contributed by atoms with E-state index in [1.165, 1.54) is 18.2 Å². The number of thioether (sulfide) groups is 1. The van der Waals surface area contributed by atoms with Gasteiger partial charge in [0.2, 0.25) is 5.91 Å². The molecule has 2 fully saturated rings. The highest BCUT2D eigenvalue weighted by Gasteiger charge is 2.35. The van der Waals surface area contributed by atoms with Gasteiger partial charge in [-0.3, -0.25) is 14.4 Å². The molecule has 1 aromatic carbocycles. The first-order chi connectivity index (χ1) is 15.3. The number of likely N-dealkylation sites (tertiary alicyclic amines) is 1. The SMILES string of the molecule is CC1(C)COCCN1C(=O)c1ccc(NC(=O)CC2SC(N3CCCCC3)=NC2=O)cc1. The second-order valence-corrected chi connectivity index (χ2v) is 10.2. The number of benzene rings is 1. The Morgan fingerprint density at radius 1 is 1.16 bits per heavy atom. The van der Waals surface area contributed by atoms with Crippen molar-refractivity contribution in [3.8, 4) is 0 Å². The van der Waals surface area contributed by atoms with Gasteiger partial charge in [-0.15, -0.1) is 0 Å². The number of aliphatic imine (C=N–C) groups is 1. The zero-order valence-corrected chi connectivity index (χ0v) is 19.5. The van der Waals surface area contributed by atoms with Gasteiger partial charge in [-0.05, 0) is 57.4 Å². The number of anilines is 1. The van der Waals surface area contributed by atoms with Crippen LogP contribution in [-0.2, 0) is 14.3 Å². The van der Waals surface area contributed by atoms with E-state index in [9.17, 15) is 14.4 Å². The summed E-state index contributed by atoms with van der Waals surface area (Å²) in [7, 11) is 0. The molecule has 2 saturated heterocycles. The number of ether oxygens (including phenoxy) is 1. The Morgan fingerprint density at radius 2 is 1.88 bits per heavy atom. The molecule has 8 nitrogen and oxygen atoms in total. The van der Waals surface area contributed by atoms with Gasteiger partial charge in [-0.2, -0.15) is 4.99 Å². The van der Waals surface area contributed by atoms with Gasteiger partial charge >= 0.3 is 0 Å². The molecule has 1 aromatic rings. The molecule has 0 bridgehead atoms. The number of piperidine rings is 1. The molecule has 1 atom stereocenters. The summed E-state index contributed by atoms with van der Waals surface area (Å²) in [4.78, 5) is 45.8. The van der Waals surface area contributed by atoms with Crippen molar-refractivity contribution < 1.29 is 19.1 Å². The van der Waals surface area contributed by atoms with Gasteiger partial charge in [0.25, 0.3) is 11.8 Å². The fourth-order valence-electron chi connectivity index (χ4n) is 4.20. The molecule has 1 unspecified atom stereocenters. The van der Waals surface area contributed by atoms with Crippen LogP contribution in [-0.4, -0.2) is 76.3 Å². The van der Waals surface area contributed by atoms with E-state index in [2.05, 4.69) is 15.2 Å². The predicted octanol–water partition coefficient (Wildman–Crippen LogP) is 2.75. The number of carbonyl (C=O) groups is 3. The largest absolute Gasteiger partial charge is 0.377 e. The summed E-state index contributed by atoms with van der Waals surface area (Å²) in [6.45, 7) is 7.41. The van der Waals surface area contributed by atoms with Crippen LogP contribution in [0.25, 0.3) is 0 Å². The molecule has 0 spiro atoms. The normalized spacial score (nSPS) is 23.1. The first-order valence-electron chi connectivity index (χ1n) is 11.2. The Morgan fingerprint density at radius 3 is 2.56 bits per heavy atom. The quantitative estimate of drug-likeness (QED) is 0.746. The van der Waals surface area contributed by atoms with Crippen molar-refractivity contribution in [2.24, 2.45) is 4.99 Å². The van der Waals surface area contributed by atoms with Gasteiger partial charge in [0.1, 0.15) is 5.25 Å². The van der Waals surface area contributed by atoms with Crippen molar-refractivity contribution in [3.05, 3.63) is 29.8 Å². The van der Waals surface area contributed by atoms with Gasteiger partial charge in [-0.1, -0.05) is 11.8 Å².